The number of ether oxygens (including phenoxy) is 1. The molecule has 2 aromatic heterocycles. The van der Waals surface area contributed by atoms with E-state index in [-0.39, 0.29) is 5.91 Å². The van der Waals surface area contributed by atoms with Crippen molar-refractivity contribution in [1.29, 1.82) is 0 Å². The minimum atomic E-state index is -0.249. The third-order valence-corrected chi connectivity index (χ3v) is 4.57. The highest BCUT2D eigenvalue weighted by Gasteiger charge is 2.13. The normalized spacial score (nSPS) is 11.1. The summed E-state index contributed by atoms with van der Waals surface area (Å²) in [5.74, 6) is 0.467. The Kier molecular flexibility index (Phi) is 7.34. The van der Waals surface area contributed by atoms with Crippen LogP contribution < -0.4 is 10.1 Å². The summed E-state index contributed by atoms with van der Waals surface area (Å²) in [6, 6.07) is 12.9. The summed E-state index contributed by atoms with van der Waals surface area (Å²) >= 11 is 0. The number of carbonyl (C=O) groups is 1. The van der Waals surface area contributed by atoms with Crippen LogP contribution in [0.1, 0.15) is 48.7 Å². The van der Waals surface area contributed by atoms with Crippen LogP contribution in [0.3, 0.4) is 0 Å². The average Bonchev–Trinajstić information content (AvgIpc) is 2.73. The van der Waals surface area contributed by atoms with Gasteiger partial charge in [0.15, 0.2) is 0 Å². The Morgan fingerprint density at radius 3 is 2.86 bits per heavy atom. The second-order valence-electron chi connectivity index (χ2n) is 6.96. The Morgan fingerprint density at radius 2 is 2.00 bits per heavy atom. The van der Waals surface area contributed by atoms with Gasteiger partial charge in [0.2, 0.25) is 0 Å². The van der Waals surface area contributed by atoms with Crippen LogP contribution in [-0.2, 0) is 0 Å². The first-order chi connectivity index (χ1) is 14.2. The van der Waals surface area contributed by atoms with Crippen LogP contribution in [0.2, 0.25) is 0 Å². The van der Waals surface area contributed by atoms with Crippen molar-refractivity contribution in [1.82, 2.24) is 9.97 Å². The molecular weight excluding hydrogens is 362 g/mol. The molecule has 1 amide bonds. The summed E-state index contributed by atoms with van der Waals surface area (Å²) in [5.41, 5.74) is 3.33. The van der Waals surface area contributed by atoms with Gasteiger partial charge in [-0.2, -0.15) is 0 Å². The van der Waals surface area contributed by atoms with E-state index in [1.165, 1.54) is 19.3 Å². The number of allylic oxidation sites excluding steroid dienone is 1. The molecule has 1 N–H and O–H groups in total. The molecule has 0 aliphatic carbocycles. The van der Waals surface area contributed by atoms with Crippen molar-refractivity contribution in [2.45, 2.75) is 39.5 Å². The number of pyridine rings is 2. The summed E-state index contributed by atoms with van der Waals surface area (Å²) in [5, 5.41) is 2.91. The lowest BCUT2D eigenvalue weighted by atomic mass is 10.1. The minimum Gasteiger partial charge on any atom is -0.489 e. The van der Waals surface area contributed by atoms with Gasteiger partial charge in [-0.1, -0.05) is 38.0 Å². The molecule has 0 unspecified atom stereocenters. The number of hydrogen-bond donors (Lipinski definition) is 1. The molecule has 0 fully saturated rings. The predicted molar refractivity (Wildman–Crippen MR) is 117 cm³/mol. The molecular formula is C24H27N3O2. The largest absolute Gasteiger partial charge is 0.489 e. The smallest absolute Gasteiger partial charge is 0.274 e. The fourth-order valence-electron chi connectivity index (χ4n) is 3.02. The standard InChI is InChI=1S/C24H27N3O2/c1-3-4-5-6-7-8-15-29-20-12-9-11-19(17-20)26-24(28)23-18(2)16-22-21(27-23)13-10-14-25-22/h7-14,16-17H,3-6,15H2,1-2H3,(H,26,28). The number of unbranched alkanes of at least 4 members (excludes halogenated alkanes) is 3. The van der Waals surface area contributed by atoms with E-state index in [0.29, 0.717) is 29.3 Å². The molecule has 5 heteroatoms. The van der Waals surface area contributed by atoms with Crippen molar-refractivity contribution in [2.24, 2.45) is 0 Å². The third-order valence-electron chi connectivity index (χ3n) is 4.57. The van der Waals surface area contributed by atoms with E-state index in [1.807, 2.05) is 55.5 Å². The number of anilines is 1. The van der Waals surface area contributed by atoms with E-state index in [0.717, 1.165) is 17.5 Å². The quantitative estimate of drug-likeness (QED) is 0.376. The van der Waals surface area contributed by atoms with Crippen molar-refractivity contribution >= 4 is 22.6 Å². The molecule has 0 saturated carbocycles. The van der Waals surface area contributed by atoms with Gasteiger partial charge in [-0.15, -0.1) is 0 Å². The number of aryl methyl sites for hydroxylation is 1. The maximum absolute atomic E-state index is 12.7. The van der Waals surface area contributed by atoms with Crippen LogP contribution in [0.25, 0.3) is 11.0 Å². The SMILES string of the molecule is CCCCCC=CCOc1cccc(NC(=O)c2nc3cccnc3cc2C)c1. The molecule has 3 rings (SSSR count). The minimum absolute atomic E-state index is 0.249. The number of nitrogens with one attached hydrogen (secondary N) is 1. The fourth-order valence-corrected chi connectivity index (χ4v) is 3.02. The van der Waals surface area contributed by atoms with Gasteiger partial charge in [0.1, 0.15) is 18.1 Å². The summed E-state index contributed by atoms with van der Waals surface area (Å²) < 4.78 is 5.76. The van der Waals surface area contributed by atoms with Crippen LogP contribution in [-0.4, -0.2) is 22.5 Å². The molecule has 29 heavy (non-hydrogen) atoms. The van der Waals surface area contributed by atoms with E-state index < -0.39 is 0 Å². The van der Waals surface area contributed by atoms with Crippen molar-refractivity contribution in [3.05, 3.63) is 72.1 Å². The van der Waals surface area contributed by atoms with E-state index in [4.69, 9.17) is 4.74 Å². The first-order valence-corrected chi connectivity index (χ1v) is 10.1. The van der Waals surface area contributed by atoms with Crippen molar-refractivity contribution < 1.29 is 9.53 Å². The molecule has 0 aliphatic rings. The van der Waals surface area contributed by atoms with Gasteiger partial charge in [0.25, 0.3) is 5.91 Å². The zero-order valence-electron chi connectivity index (χ0n) is 17.0. The van der Waals surface area contributed by atoms with Gasteiger partial charge in [-0.3, -0.25) is 9.78 Å². The highest BCUT2D eigenvalue weighted by Crippen LogP contribution is 2.20. The lowest BCUT2D eigenvalue weighted by Gasteiger charge is -2.10. The van der Waals surface area contributed by atoms with Crippen LogP contribution in [0.15, 0.2) is 60.8 Å². The fraction of sp³-hybridized carbons (Fsp3) is 0.292. The molecule has 0 spiro atoms. The molecule has 0 saturated heterocycles. The van der Waals surface area contributed by atoms with Gasteiger partial charge < -0.3 is 10.1 Å². The lowest BCUT2D eigenvalue weighted by molar-refractivity contribution is 0.102. The molecule has 0 atom stereocenters. The molecule has 5 nitrogen and oxygen atoms in total. The number of amides is 1. The zero-order chi connectivity index (χ0) is 20.5. The molecule has 0 bridgehead atoms. The van der Waals surface area contributed by atoms with Gasteiger partial charge >= 0.3 is 0 Å². The molecule has 0 radical (unpaired) electrons. The molecule has 150 valence electrons. The maximum atomic E-state index is 12.7. The third kappa shape index (κ3) is 5.88. The Bertz CT molecular complexity index is 998. The summed E-state index contributed by atoms with van der Waals surface area (Å²) in [6.45, 7) is 4.58. The van der Waals surface area contributed by atoms with Crippen molar-refractivity contribution in [2.75, 3.05) is 11.9 Å². The summed E-state index contributed by atoms with van der Waals surface area (Å²) in [4.78, 5) is 21.5. The lowest BCUT2D eigenvalue weighted by Crippen LogP contribution is -2.15. The topological polar surface area (TPSA) is 64.1 Å². The average molecular weight is 389 g/mol. The molecule has 0 aliphatic heterocycles. The number of aromatic nitrogens is 2. The van der Waals surface area contributed by atoms with E-state index in [2.05, 4.69) is 28.3 Å². The Morgan fingerprint density at radius 1 is 1.10 bits per heavy atom. The highest BCUT2D eigenvalue weighted by molar-refractivity contribution is 6.05. The molecule has 3 aromatic rings. The van der Waals surface area contributed by atoms with E-state index in [9.17, 15) is 4.79 Å². The highest BCUT2D eigenvalue weighted by atomic mass is 16.5. The summed E-state index contributed by atoms with van der Waals surface area (Å²) in [6.07, 6.45) is 10.7. The second-order valence-corrected chi connectivity index (χ2v) is 6.96. The predicted octanol–water partition coefficient (Wildman–Crippen LogP) is 5.71. The van der Waals surface area contributed by atoms with Crippen molar-refractivity contribution in [3.8, 4) is 5.75 Å². The monoisotopic (exact) mass is 389 g/mol. The van der Waals surface area contributed by atoms with Crippen LogP contribution in [0, 0.1) is 6.92 Å². The number of rotatable bonds is 9. The zero-order valence-corrected chi connectivity index (χ0v) is 17.0. The number of fused-ring (bicyclic) bond motifs is 1. The Hall–Kier alpha value is -3.21. The first kappa shape index (κ1) is 20.5. The molecule has 2 heterocycles. The number of carbonyl (C=O) groups excluding carboxylic acids is 1. The van der Waals surface area contributed by atoms with Crippen molar-refractivity contribution in [3.63, 3.8) is 0 Å². The van der Waals surface area contributed by atoms with E-state index in [1.54, 1.807) is 6.20 Å². The summed E-state index contributed by atoms with van der Waals surface area (Å²) in [7, 11) is 0. The Balaban J connectivity index is 1.61. The van der Waals surface area contributed by atoms with Gasteiger partial charge in [0, 0.05) is 18.0 Å². The molecule has 1 aromatic carbocycles. The van der Waals surface area contributed by atoms with E-state index >= 15 is 0 Å². The maximum Gasteiger partial charge on any atom is 0.274 e. The number of nitrogens with zero attached hydrogens (tertiary/aromatic N) is 2. The van der Waals surface area contributed by atoms with Gasteiger partial charge in [-0.05, 0) is 55.7 Å². The van der Waals surface area contributed by atoms with Crippen LogP contribution >= 0.6 is 0 Å². The van der Waals surface area contributed by atoms with Gasteiger partial charge in [-0.25, -0.2) is 4.98 Å². The second kappa shape index (κ2) is 10.4. The Labute approximate surface area is 171 Å². The van der Waals surface area contributed by atoms with Gasteiger partial charge in [0.05, 0.1) is 11.0 Å². The number of benzene rings is 1. The van der Waals surface area contributed by atoms with Crippen LogP contribution in [0.4, 0.5) is 5.69 Å². The first-order valence-electron chi connectivity index (χ1n) is 10.1. The van der Waals surface area contributed by atoms with Crippen LogP contribution in [0.5, 0.6) is 5.75 Å². The number of hydrogen-bond acceptors (Lipinski definition) is 4.